The number of nitro groups is 1. The van der Waals surface area contributed by atoms with Crippen LogP contribution in [-0.2, 0) is 0 Å². The number of rotatable bonds is 5. The highest BCUT2D eigenvalue weighted by molar-refractivity contribution is 5.56. The van der Waals surface area contributed by atoms with Crippen LogP contribution in [0.5, 0.6) is 11.5 Å². The van der Waals surface area contributed by atoms with Crippen molar-refractivity contribution in [2.75, 3.05) is 33.0 Å². The molecule has 0 aromatic heterocycles. The fourth-order valence-electron chi connectivity index (χ4n) is 3.00. The molecule has 0 bridgehead atoms. The Morgan fingerprint density at radius 2 is 2.05 bits per heavy atom. The van der Waals surface area contributed by atoms with Crippen LogP contribution in [0.1, 0.15) is 18.0 Å². The van der Waals surface area contributed by atoms with Crippen LogP contribution in [0.25, 0.3) is 0 Å². The maximum Gasteiger partial charge on any atom is 0.278 e. The molecule has 1 atom stereocenters. The molecule has 1 aromatic rings. The lowest BCUT2D eigenvalue weighted by Gasteiger charge is -2.34. The number of nitro benzene ring substituents is 1. The Morgan fingerprint density at radius 1 is 1.36 bits per heavy atom. The van der Waals surface area contributed by atoms with Crippen molar-refractivity contribution >= 4 is 5.69 Å². The van der Waals surface area contributed by atoms with E-state index < -0.39 is 0 Å². The SMILES string of the molecule is C=CC[C@H](c1cc2c(cc1[N+](=O)[O-])OCO2)N1CCNCC1. The summed E-state index contributed by atoms with van der Waals surface area (Å²) in [5.74, 6) is 1.01. The summed E-state index contributed by atoms with van der Waals surface area (Å²) in [6.45, 7) is 7.37. The normalized spacial score (nSPS) is 18.9. The van der Waals surface area contributed by atoms with Crippen molar-refractivity contribution in [3.8, 4) is 11.5 Å². The molecular formula is C15H19N3O4. The summed E-state index contributed by atoms with van der Waals surface area (Å²) in [6, 6.07) is 3.14. The molecule has 1 N–H and O–H groups in total. The van der Waals surface area contributed by atoms with Gasteiger partial charge in [0.2, 0.25) is 6.79 Å². The Labute approximate surface area is 128 Å². The lowest BCUT2D eigenvalue weighted by Crippen LogP contribution is -2.45. The molecule has 0 unspecified atom stereocenters. The van der Waals surface area contributed by atoms with Crippen molar-refractivity contribution in [2.24, 2.45) is 0 Å². The molecule has 1 aromatic carbocycles. The fraction of sp³-hybridized carbons (Fsp3) is 0.467. The first-order chi connectivity index (χ1) is 10.7. The van der Waals surface area contributed by atoms with Gasteiger partial charge in [0.05, 0.1) is 16.6 Å². The highest BCUT2D eigenvalue weighted by atomic mass is 16.7. The van der Waals surface area contributed by atoms with Gasteiger partial charge in [-0.2, -0.15) is 0 Å². The average Bonchev–Trinajstić information content (AvgIpc) is 2.99. The first-order valence-electron chi connectivity index (χ1n) is 7.34. The monoisotopic (exact) mass is 305 g/mol. The second-order valence-corrected chi connectivity index (χ2v) is 5.35. The van der Waals surface area contributed by atoms with Crippen LogP contribution in [0.15, 0.2) is 24.8 Å². The summed E-state index contributed by atoms with van der Waals surface area (Å²) >= 11 is 0. The summed E-state index contributed by atoms with van der Waals surface area (Å²) < 4.78 is 10.6. The third kappa shape index (κ3) is 2.77. The van der Waals surface area contributed by atoms with Crippen LogP contribution < -0.4 is 14.8 Å². The zero-order valence-corrected chi connectivity index (χ0v) is 12.3. The van der Waals surface area contributed by atoms with Crippen molar-refractivity contribution in [1.29, 1.82) is 0 Å². The minimum Gasteiger partial charge on any atom is -0.454 e. The van der Waals surface area contributed by atoms with Crippen LogP contribution in [-0.4, -0.2) is 42.8 Å². The van der Waals surface area contributed by atoms with Gasteiger partial charge in [-0.1, -0.05) is 6.08 Å². The average molecular weight is 305 g/mol. The number of nitrogens with one attached hydrogen (secondary N) is 1. The molecule has 7 heteroatoms. The molecule has 1 fully saturated rings. The van der Waals surface area contributed by atoms with Gasteiger partial charge in [0, 0.05) is 32.2 Å². The smallest absolute Gasteiger partial charge is 0.278 e. The van der Waals surface area contributed by atoms with Gasteiger partial charge in [0.15, 0.2) is 11.5 Å². The number of piperazine rings is 1. The second-order valence-electron chi connectivity index (χ2n) is 5.35. The van der Waals surface area contributed by atoms with E-state index in [0.29, 0.717) is 23.5 Å². The third-order valence-electron chi connectivity index (χ3n) is 4.06. The molecule has 0 aliphatic carbocycles. The number of nitrogens with zero attached hydrogens (tertiary/aromatic N) is 2. The first kappa shape index (κ1) is 14.8. The predicted octanol–water partition coefficient (Wildman–Crippen LogP) is 1.85. The van der Waals surface area contributed by atoms with Crippen molar-refractivity contribution in [1.82, 2.24) is 10.2 Å². The minimum absolute atomic E-state index is 0.0745. The van der Waals surface area contributed by atoms with E-state index in [4.69, 9.17) is 9.47 Å². The van der Waals surface area contributed by atoms with Gasteiger partial charge >= 0.3 is 0 Å². The van der Waals surface area contributed by atoms with Crippen LogP contribution in [0.4, 0.5) is 5.69 Å². The standard InChI is InChI=1S/C15H19N3O4/c1-2-3-12(17-6-4-16-5-7-17)11-8-14-15(22-10-21-14)9-13(11)18(19)20/h2,8-9,12,16H,1,3-7,10H2/t12-/m1/s1. The molecule has 22 heavy (non-hydrogen) atoms. The lowest BCUT2D eigenvalue weighted by atomic mass is 9.98. The number of hydrogen-bond donors (Lipinski definition) is 1. The van der Waals surface area contributed by atoms with Crippen molar-refractivity contribution < 1.29 is 14.4 Å². The van der Waals surface area contributed by atoms with Crippen LogP contribution in [0.3, 0.4) is 0 Å². The van der Waals surface area contributed by atoms with Gasteiger partial charge in [0.1, 0.15) is 0 Å². The summed E-state index contributed by atoms with van der Waals surface area (Å²) in [6.07, 6.45) is 2.46. The van der Waals surface area contributed by atoms with Gasteiger partial charge in [-0.3, -0.25) is 15.0 Å². The zero-order chi connectivity index (χ0) is 15.5. The van der Waals surface area contributed by atoms with E-state index in [-0.39, 0.29) is 23.4 Å². The largest absolute Gasteiger partial charge is 0.454 e. The Morgan fingerprint density at radius 3 is 2.68 bits per heavy atom. The van der Waals surface area contributed by atoms with E-state index in [2.05, 4.69) is 16.8 Å². The van der Waals surface area contributed by atoms with Gasteiger partial charge < -0.3 is 14.8 Å². The van der Waals surface area contributed by atoms with Crippen LogP contribution >= 0.6 is 0 Å². The molecule has 1 saturated heterocycles. The molecule has 2 aliphatic rings. The third-order valence-corrected chi connectivity index (χ3v) is 4.06. The zero-order valence-electron chi connectivity index (χ0n) is 12.3. The Balaban J connectivity index is 2.01. The molecule has 0 spiro atoms. The van der Waals surface area contributed by atoms with Crippen molar-refractivity contribution in [2.45, 2.75) is 12.5 Å². The van der Waals surface area contributed by atoms with E-state index in [1.54, 1.807) is 12.1 Å². The van der Waals surface area contributed by atoms with Gasteiger partial charge in [-0.15, -0.1) is 6.58 Å². The minimum atomic E-state index is -0.352. The summed E-state index contributed by atoms with van der Waals surface area (Å²) in [4.78, 5) is 13.4. The Hall–Kier alpha value is -2.12. The second kappa shape index (κ2) is 6.33. The van der Waals surface area contributed by atoms with Crippen molar-refractivity contribution in [3.63, 3.8) is 0 Å². The number of fused-ring (bicyclic) bond motifs is 1. The summed E-state index contributed by atoms with van der Waals surface area (Å²) in [7, 11) is 0. The summed E-state index contributed by atoms with van der Waals surface area (Å²) in [5.41, 5.74) is 0.741. The van der Waals surface area contributed by atoms with E-state index in [1.165, 1.54) is 6.07 Å². The van der Waals surface area contributed by atoms with E-state index in [9.17, 15) is 10.1 Å². The molecule has 0 radical (unpaired) electrons. The molecule has 2 aliphatic heterocycles. The maximum absolute atomic E-state index is 11.5. The molecule has 0 amide bonds. The molecule has 2 heterocycles. The lowest BCUT2D eigenvalue weighted by molar-refractivity contribution is -0.386. The highest BCUT2D eigenvalue weighted by Gasteiger charge is 2.31. The van der Waals surface area contributed by atoms with Crippen molar-refractivity contribution in [3.05, 3.63) is 40.5 Å². The number of ether oxygens (including phenoxy) is 2. The fourth-order valence-corrected chi connectivity index (χ4v) is 3.00. The van der Waals surface area contributed by atoms with E-state index >= 15 is 0 Å². The Kier molecular flexibility index (Phi) is 4.26. The van der Waals surface area contributed by atoms with E-state index in [0.717, 1.165) is 26.2 Å². The molecule has 118 valence electrons. The van der Waals surface area contributed by atoms with Crippen LogP contribution in [0, 0.1) is 10.1 Å². The quantitative estimate of drug-likeness (QED) is 0.508. The predicted molar refractivity (Wildman–Crippen MR) is 81.2 cm³/mol. The Bertz CT molecular complexity index is 584. The maximum atomic E-state index is 11.5. The van der Waals surface area contributed by atoms with Gasteiger partial charge in [-0.05, 0) is 12.5 Å². The molecular weight excluding hydrogens is 286 g/mol. The van der Waals surface area contributed by atoms with E-state index in [1.807, 2.05) is 0 Å². The highest BCUT2D eigenvalue weighted by Crippen LogP contribution is 2.42. The topological polar surface area (TPSA) is 76.9 Å². The summed E-state index contributed by atoms with van der Waals surface area (Å²) in [5, 5.41) is 14.8. The van der Waals surface area contributed by atoms with Gasteiger partial charge in [-0.25, -0.2) is 0 Å². The molecule has 3 rings (SSSR count). The first-order valence-corrected chi connectivity index (χ1v) is 7.34. The van der Waals surface area contributed by atoms with Crippen LogP contribution in [0.2, 0.25) is 0 Å². The van der Waals surface area contributed by atoms with Gasteiger partial charge in [0.25, 0.3) is 5.69 Å². The number of hydrogen-bond acceptors (Lipinski definition) is 6. The molecule has 0 saturated carbocycles. The molecule has 7 nitrogen and oxygen atoms in total. The number of benzene rings is 1.